The number of cyclic esters (lactones) is 1. The van der Waals surface area contributed by atoms with E-state index in [2.05, 4.69) is 57.1 Å². The zero-order chi connectivity index (χ0) is 19.4. The quantitative estimate of drug-likeness (QED) is 0.192. The lowest BCUT2D eigenvalue weighted by molar-refractivity contribution is -0.129. The number of rotatable bonds is 6. The van der Waals surface area contributed by atoms with Crippen LogP contribution < -0.4 is 4.74 Å². The molecule has 0 aromatic heterocycles. The summed E-state index contributed by atoms with van der Waals surface area (Å²) >= 11 is 4.44. The molecule has 2 aromatic carbocycles. The lowest BCUT2D eigenvalue weighted by Gasteiger charge is -2.11. The van der Waals surface area contributed by atoms with Crippen molar-refractivity contribution in [1.29, 1.82) is 0 Å². The molecular weight excluding hydrogens is 575 g/mol. The van der Waals surface area contributed by atoms with E-state index in [4.69, 9.17) is 9.47 Å². The Bertz CT molecular complexity index is 918. The molecule has 1 heterocycles. The Kier molecular flexibility index (Phi) is 6.85. The second kappa shape index (κ2) is 9.13. The molecule has 0 fully saturated rings. The van der Waals surface area contributed by atoms with Gasteiger partial charge >= 0.3 is 5.97 Å². The van der Waals surface area contributed by atoms with Crippen LogP contribution in [0.15, 0.2) is 47.1 Å². The number of halogens is 3. The molecule has 0 N–H and O–H groups in total. The molecule has 140 valence electrons. The van der Waals surface area contributed by atoms with Crippen molar-refractivity contribution in [3.05, 3.63) is 66.2 Å². The van der Waals surface area contributed by atoms with Gasteiger partial charge in [0.25, 0.3) is 0 Å². The second-order valence-corrected chi connectivity index (χ2v) is 8.19. The number of hydrogen-bond acceptors (Lipinski definition) is 4. The number of carbonyl (C=O) groups is 1. The topological polar surface area (TPSA) is 47.9 Å². The summed E-state index contributed by atoms with van der Waals surface area (Å²) in [7, 11) is 0. The normalized spacial score (nSPS) is 15.0. The first-order chi connectivity index (χ1) is 13.0. The largest absolute Gasteiger partial charge is 0.491 e. The predicted molar refractivity (Wildman–Crippen MR) is 119 cm³/mol. The summed E-state index contributed by atoms with van der Waals surface area (Å²) in [5.74, 6) is -0.00610. The zero-order valence-corrected chi connectivity index (χ0v) is 18.8. The van der Waals surface area contributed by atoms with Crippen molar-refractivity contribution in [2.75, 3.05) is 6.61 Å². The molecule has 0 atom stereocenters. The third kappa shape index (κ3) is 5.07. The van der Waals surface area contributed by atoms with E-state index in [0.717, 1.165) is 31.3 Å². The molecular formula is C20H16FI2NO3. The maximum atomic E-state index is 13.4. The summed E-state index contributed by atoms with van der Waals surface area (Å²) in [6, 6.07) is 9.66. The van der Waals surface area contributed by atoms with Gasteiger partial charge < -0.3 is 9.47 Å². The van der Waals surface area contributed by atoms with Gasteiger partial charge in [-0.3, -0.25) is 0 Å². The molecule has 0 bridgehead atoms. The minimum absolute atomic E-state index is 0.106. The van der Waals surface area contributed by atoms with Gasteiger partial charge in [0.2, 0.25) is 5.90 Å². The minimum Gasteiger partial charge on any atom is -0.491 e. The van der Waals surface area contributed by atoms with Crippen LogP contribution in [0.5, 0.6) is 5.75 Å². The molecule has 0 saturated carbocycles. The summed E-state index contributed by atoms with van der Waals surface area (Å²) in [4.78, 5) is 16.4. The highest BCUT2D eigenvalue weighted by Crippen LogP contribution is 2.30. The van der Waals surface area contributed by atoms with Crippen molar-refractivity contribution in [1.82, 2.24) is 0 Å². The first-order valence-electron chi connectivity index (χ1n) is 8.38. The van der Waals surface area contributed by atoms with E-state index in [1.807, 2.05) is 12.1 Å². The fraction of sp³-hybridized carbons (Fsp3) is 0.200. The summed E-state index contributed by atoms with van der Waals surface area (Å²) in [6.07, 6.45) is 3.74. The van der Waals surface area contributed by atoms with Crippen LogP contribution in [0.25, 0.3) is 6.08 Å². The van der Waals surface area contributed by atoms with Gasteiger partial charge in [-0.05, 0) is 93.6 Å². The van der Waals surface area contributed by atoms with Crippen molar-refractivity contribution in [3.8, 4) is 5.75 Å². The van der Waals surface area contributed by atoms with Crippen molar-refractivity contribution in [2.45, 2.75) is 19.8 Å². The first-order valence-corrected chi connectivity index (χ1v) is 10.5. The number of unbranched alkanes of at least 4 members (excludes halogenated alkanes) is 1. The molecule has 0 aliphatic carbocycles. The van der Waals surface area contributed by atoms with Gasteiger partial charge in [-0.2, -0.15) is 0 Å². The first kappa shape index (κ1) is 20.2. The molecule has 4 nitrogen and oxygen atoms in total. The lowest BCUT2D eigenvalue weighted by atomic mass is 10.2. The van der Waals surface area contributed by atoms with Crippen molar-refractivity contribution < 1.29 is 18.7 Å². The van der Waals surface area contributed by atoms with Crippen LogP contribution in [0.1, 0.15) is 30.9 Å². The van der Waals surface area contributed by atoms with E-state index in [-0.39, 0.29) is 11.6 Å². The van der Waals surface area contributed by atoms with Crippen molar-refractivity contribution in [3.63, 3.8) is 0 Å². The van der Waals surface area contributed by atoms with Crippen LogP contribution in [-0.4, -0.2) is 18.5 Å². The predicted octanol–water partition coefficient (Wildman–Crippen LogP) is 5.56. The Morgan fingerprint density at radius 3 is 2.63 bits per heavy atom. The molecule has 0 saturated heterocycles. The Morgan fingerprint density at radius 1 is 1.22 bits per heavy atom. The highest BCUT2D eigenvalue weighted by molar-refractivity contribution is 14.1. The highest BCUT2D eigenvalue weighted by Gasteiger charge is 2.24. The van der Waals surface area contributed by atoms with E-state index in [9.17, 15) is 9.18 Å². The molecule has 3 rings (SSSR count). The Hall–Kier alpha value is -1.49. The van der Waals surface area contributed by atoms with Crippen molar-refractivity contribution >= 4 is 63.1 Å². The molecule has 27 heavy (non-hydrogen) atoms. The van der Waals surface area contributed by atoms with Crippen LogP contribution in [-0.2, 0) is 9.53 Å². The number of benzene rings is 2. The molecule has 0 spiro atoms. The fourth-order valence-corrected chi connectivity index (χ4v) is 4.56. The second-order valence-electron chi connectivity index (χ2n) is 5.86. The Morgan fingerprint density at radius 2 is 1.96 bits per heavy atom. The molecule has 0 unspecified atom stereocenters. The Labute approximate surface area is 184 Å². The molecule has 1 aliphatic rings. The SMILES string of the molecule is CCCCOc1c(I)cc(/C=C2\N=C(c3cccc(F)c3)OC2=O)cc1I. The van der Waals surface area contributed by atoms with Gasteiger partial charge in [0.15, 0.2) is 5.70 Å². The number of nitrogens with zero attached hydrogens (tertiary/aromatic N) is 1. The van der Waals surface area contributed by atoms with E-state index >= 15 is 0 Å². The van der Waals surface area contributed by atoms with Gasteiger partial charge in [-0.25, -0.2) is 14.2 Å². The highest BCUT2D eigenvalue weighted by atomic mass is 127. The summed E-state index contributed by atoms with van der Waals surface area (Å²) < 4.78 is 26.3. The number of hydrogen-bond donors (Lipinski definition) is 0. The average molecular weight is 591 g/mol. The van der Waals surface area contributed by atoms with E-state index < -0.39 is 11.8 Å². The fourth-order valence-electron chi connectivity index (χ4n) is 2.43. The number of ether oxygens (including phenoxy) is 2. The van der Waals surface area contributed by atoms with Crippen LogP contribution in [0.4, 0.5) is 4.39 Å². The standard InChI is InChI=1S/C20H16FI2NO3/c1-2-3-7-26-18-15(22)8-12(9-16(18)23)10-17-20(25)27-19(24-17)13-5-4-6-14(21)11-13/h4-6,8-11H,2-3,7H2,1H3/b17-10-. The van der Waals surface area contributed by atoms with Gasteiger partial charge in [-0.15, -0.1) is 0 Å². The van der Waals surface area contributed by atoms with Crippen LogP contribution in [0.3, 0.4) is 0 Å². The molecule has 1 aliphatic heterocycles. The Balaban J connectivity index is 1.86. The third-order valence-electron chi connectivity index (χ3n) is 3.76. The lowest BCUT2D eigenvalue weighted by Crippen LogP contribution is -2.05. The van der Waals surface area contributed by atoms with Crippen LogP contribution in [0.2, 0.25) is 0 Å². The van der Waals surface area contributed by atoms with Crippen LogP contribution in [0, 0.1) is 13.0 Å². The molecule has 0 amide bonds. The zero-order valence-electron chi connectivity index (χ0n) is 14.5. The molecule has 7 heteroatoms. The maximum absolute atomic E-state index is 13.4. The van der Waals surface area contributed by atoms with Crippen LogP contribution >= 0.6 is 45.2 Å². The molecule has 0 radical (unpaired) electrons. The van der Waals surface area contributed by atoms with Gasteiger partial charge in [0.05, 0.1) is 13.7 Å². The number of esters is 1. The van der Waals surface area contributed by atoms with Gasteiger partial charge in [0, 0.05) is 5.56 Å². The van der Waals surface area contributed by atoms with E-state index in [0.29, 0.717) is 12.2 Å². The monoisotopic (exact) mass is 591 g/mol. The van der Waals surface area contributed by atoms with Crippen molar-refractivity contribution in [2.24, 2.45) is 4.99 Å². The smallest absolute Gasteiger partial charge is 0.363 e. The summed E-state index contributed by atoms with van der Waals surface area (Å²) in [5, 5.41) is 0. The number of carbonyl (C=O) groups excluding carboxylic acids is 1. The number of aliphatic imine (C=N–C) groups is 1. The summed E-state index contributed by atoms with van der Waals surface area (Å²) in [5.41, 5.74) is 1.43. The average Bonchev–Trinajstić information content (AvgIpc) is 2.98. The third-order valence-corrected chi connectivity index (χ3v) is 5.36. The minimum atomic E-state index is -0.553. The summed E-state index contributed by atoms with van der Waals surface area (Å²) in [6.45, 7) is 2.80. The van der Waals surface area contributed by atoms with E-state index in [1.54, 1.807) is 18.2 Å². The van der Waals surface area contributed by atoms with E-state index in [1.165, 1.54) is 12.1 Å². The van der Waals surface area contributed by atoms with Gasteiger partial charge in [-0.1, -0.05) is 19.4 Å². The van der Waals surface area contributed by atoms with Gasteiger partial charge in [0.1, 0.15) is 11.6 Å². The maximum Gasteiger partial charge on any atom is 0.363 e. The molecule has 2 aromatic rings.